The molecule has 0 aliphatic carbocycles. The summed E-state index contributed by atoms with van der Waals surface area (Å²) < 4.78 is 0. The molecule has 22 heavy (non-hydrogen) atoms. The van der Waals surface area contributed by atoms with E-state index in [1.54, 1.807) is 24.3 Å². The number of halogens is 1. The molecular weight excluding hydrogens is 302 g/mol. The van der Waals surface area contributed by atoms with Gasteiger partial charge in [0.05, 0.1) is 0 Å². The van der Waals surface area contributed by atoms with E-state index in [1.165, 1.54) is 0 Å². The van der Waals surface area contributed by atoms with E-state index in [0.29, 0.717) is 24.2 Å². The first kappa shape index (κ1) is 20.4. The summed E-state index contributed by atoms with van der Waals surface area (Å²) in [6.45, 7) is 8.09. The van der Waals surface area contributed by atoms with E-state index < -0.39 is 0 Å². The first-order chi connectivity index (χ1) is 10.1. The molecule has 3 N–H and O–H groups in total. The maximum atomic E-state index is 12.1. The van der Waals surface area contributed by atoms with Crippen molar-refractivity contribution in [2.45, 2.75) is 33.2 Å². The van der Waals surface area contributed by atoms with Crippen LogP contribution in [-0.4, -0.2) is 37.5 Å². The average Bonchev–Trinajstić information content (AvgIpc) is 2.50. The highest BCUT2D eigenvalue weighted by molar-refractivity contribution is 5.99. The summed E-state index contributed by atoms with van der Waals surface area (Å²) in [7, 11) is 0. The van der Waals surface area contributed by atoms with Crippen LogP contribution >= 0.6 is 12.4 Å². The van der Waals surface area contributed by atoms with E-state index in [1.807, 2.05) is 20.8 Å². The lowest BCUT2D eigenvalue weighted by atomic mass is 10.1. The van der Waals surface area contributed by atoms with Gasteiger partial charge < -0.3 is 16.0 Å². The van der Waals surface area contributed by atoms with Crippen LogP contribution in [-0.2, 0) is 0 Å². The van der Waals surface area contributed by atoms with Crippen LogP contribution in [0, 0.1) is 0 Å². The zero-order chi connectivity index (χ0) is 15.7. The second kappa shape index (κ2) is 11.0. The summed E-state index contributed by atoms with van der Waals surface area (Å²) in [6, 6.07) is 6.99. The van der Waals surface area contributed by atoms with Crippen LogP contribution in [0.15, 0.2) is 24.3 Å². The molecule has 1 rings (SSSR count). The smallest absolute Gasteiger partial charge is 0.251 e. The van der Waals surface area contributed by atoms with Crippen LogP contribution in [0.25, 0.3) is 0 Å². The number of hydrogen-bond acceptors (Lipinski definition) is 3. The third-order valence-electron chi connectivity index (χ3n) is 3.04. The Hall–Kier alpha value is -1.59. The summed E-state index contributed by atoms with van der Waals surface area (Å²) in [5.74, 6) is -0.308. The highest BCUT2D eigenvalue weighted by Gasteiger charge is 2.10. The zero-order valence-corrected chi connectivity index (χ0v) is 14.3. The fourth-order valence-corrected chi connectivity index (χ4v) is 1.91. The van der Waals surface area contributed by atoms with Crippen molar-refractivity contribution in [3.63, 3.8) is 0 Å². The second-order valence-electron chi connectivity index (χ2n) is 5.01. The molecule has 0 aliphatic rings. The standard InChI is InChI=1S/C16H25N3O2.ClH/c1-4-9-18-15(20)13-7-6-8-14(10-13)16(21)19-11-12(3)17-5-2;/h6-8,10,12,17H,4-5,9,11H2,1-3H3,(H,18,20)(H,19,21);1H/t12-;/m1./s1. The molecular formula is C16H26ClN3O2. The first-order valence-electron chi connectivity index (χ1n) is 7.48. The normalized spacial score (nSPS) is 11.2. The van der Waals surface area contributed by atoms with Gasteiger partial charge in [-0.1, -0.05) is 19.9 Å². The molecule has 0 bridgehead atoms. The van der Waals surface area contributed by atoms with E-state index >= 15 is 0 Å². The van der Waals surface area contributed by atoms with Crippen molar-refractivity contribution in [2.75, 3.05) is 19.6 Å². The number of likely N-dealkylation sites (N-methyl/N-ethyl adjacent to an activating group) is 1. The van der Waals surface area contributed by atoms with Gasteiger partial charge in [-0.15, -0.1) is 12.4 Å². The van der Waals surface area contributed by atoms with Crippen molar-refractivity contribution in [1.82, 2.24) is 16.0 Å². The predicted molar refractivity (Wildman–Crippen MR) is 91.8 cm³/mol. The summed E-state index contributed by atoms with van der Waals surface area (Å²) in [5, 5.41) is 8.89. The lowest BCUT2D eigenvalue weighted by Gasteiger charge is -2.13. The van der Waals surface area contributed by atoms with Crippen molar-refractivity contribution < 1.29 is 9.59 Å². The molecule has 0 fully saturated rings. The van der Waals surface area contributed by atoms with Gasteiger partial charge in [-0.25, -0.2) is 0 Å². The summed E-state index contributed by atoms with van der Waals surface area (Å²) >= 11 is 0. The Morgan fingerprint density at radius 2 is 1.68 bits per heavy atom. The Labute approximate surface area is 138 Å². The van der Waals surface area contributed by atoms with Crippen LogP contribution in [0.4, 0.5) is 0 Å². The topological polar surface area (TPSA) is 70.2 Å². The summed E-state index contributed by atoms with van der Waals surface area (Å²) in [5.41, 5.74) is 1.01. The number of rotatable bonds is 8. The molecule has 1 atom stereocenters. The molecule has 0 aliphatic heterocycles. The minimum Gasteiger partial charge on any atom is -0.352 e. The van der Waals surface area contributed by atoms with Crippen molar-refractivity contribution in [3.8, 4) is 0 Å². The third-order valence-corrected chi connectivity index (χ3v) is 3.04. The molecule has 5 nitrogen and oxygen atoms in total. The molecule has 0 saturated heterocycles. The van der Waals surface area contributed by atoms with Crippen molar-refractivity contribution in [3.05, 3.63) is 35.4 Å². The number of carbonyl (C=O) groups is 2. The van der Waals surface area contributed by atoms with Gasteiger partial charge >= 0.3 is 0 Å². The first-order valence-corrected chi connectivity index (χ1v) is 7.48. The minimum atomic E-state index is -0.162. The molecule has 1 aromatic rings. The van der Waals surface area contributed by atoms with Crippen LogP contribution in [0.3, 0.4) is 0 Å². The minimum absolute atomic E-state index is 0. The summed E-state index contributed by atoms with van der Waals surface area (Å²) in [4.78, 5) is 23.9. The molecule has 0 saturated carbocycles. The molecule has 2 amide bonds. The highest BCUT2D eigenvalue weighted by atomic mass is 35.5. The molecule has 1 aromatic carbocycles. The van der Waals surface area contributed by atoms with Crippen LogP contribution in [0.5, 0.6) is 0 Å². The fraction of sp³-hybridized carbons (Fsp3) is 0.500. The van der Waals surface area contributed by atoms with Crippen LogP contribution in [0.1, 0.15) is 47.9 Å². The maximum absolute atomic E-state index is 12.1. The molecule has 124 valence electrons. The van der Waals surface area contributed by atoms with Gasteiger partial charge in [0, 0.05) is 30.3 Å². The van der Waals surface area contributed by atoms with Crippen LogP contribution in [0.2, 0.25) is 0 Å². The van der Waals surface area contributed by atoms with Gasteiger partial charge in [-0.05, 0) is 38.1 Å². The van der Waals surface area contributed by atoms with Crippen molar-refractivity contribution in [1.29, 1.82) is 0 Å². The molecule has 0 heterocycles. The van der Waals surface area contributed by atoms with Gasteiger partial charge in [-0.2, -0.15) is 0 Å². The van der Waals surface area contributed by atoms with Crippen molar-refractivity contribution >= 4 is 24.2 Å². The quantitative estimate of drug-likeness (QED) is 0.683. The van der Waals surface area contributed by atoms with Crippen LogP contribution < -0.4 is 16.0 Å². The predicted octanol–water partition coefficient (Wildman–Crippen LogP) is 1.98. The van der Waals surface area contributed by atoms with E-state index in [-0.39, 0.29) is 30.3 Å². The fourth-order valence-electron chi connectivity index (χ4n) is 1.91. The maximum Gasteiger partial charge on any atom is 0.251 e. The number of carbonyl (C=O) groups excluding carboxylic acids is 2. The largest absolute Gasteiger partial charge is 0.352 e. The average molecular weight is 328 g/mol. The van der Waals surface area contributed by atoms with Gasteiger partial charge in [-0.3, -0.25) is 9.59 Å². The highest BCUT2D eigenvalue weighted by Crippen LogP contribution is 2.05. The van der Waals surface area contributed by atoms with Gasteiger partial charge in [0.25, 0.3) is 11.8 Å². The van der Waals surface area contributed by atoms with E-state index in [9.17, 15) is 9.59 Å². The number of amides is 2. The lowest BCUT2D eigenvalue weighted by Crippen LogP contribution is -2.38. The van der Waals surface area contributed by atoms with E-state index in [4.69, 9.17) is 0 Å². The third kappa shape index (κ3) is 6.91. The Bertz CT molecular complexity index is 480. The second-order valence-corrected chi connectivity index (χ2v) is 5.01. The molecule has 0 spiro atoms. The number of nitrogens with one attached hydrogen (secondary N) is 3. The molecule has 0 unspecified atom stereocenters. The van der Waals surface area contributed by atoms with Gasteiger partial charge in [0.2, 0.25) is 0 Å². The zero-order valence-electron chi connectivity index (χ0n) is 13.4. The van der Waals surface area contributed by atoms with E-state index in [2.05, 4.69) is 16.0 Å². The number of hydrogen-bond donors (Lipinski definition) is 3. The van der Waals surface area contributed by atoms with E-state index in [0.717, 1.165) is 13.0 Å². The SMILES string of the molecule is CCCNC(=O)c1cccc(C(=O)NC[C@@H](C)NCC)c1.Cl. The molecule has 6 heteroatoms. The molecule has 0 radical (unpaired) electrons. The van der Waals surface area contributed by atoms with Crippen molar-refractivity contribution in [2.24, 2.45) is 0 Å². The molecule has 0 aromatic heterocycles. The van der Waals surface area contributed by atoms with Gasteiger partial charge in [0.15, 0.2) is 0 Å². The Balaban J connectivity index is 0.00000441. The lowest BCUT2D eigenvalue weighted by molar-refractivity contribution is 0.0950. The summed E-state index contributed by atoms with van der Waals surface area (Å²) in [6.07, 6.45) is 0.883. The van der Waals surface area contributed by atoms with Gasteiger partial charge in [0.1, 0.15) is 0 Å². The Morgan fingerprint density at radius 1 is 1.09 bits per heavy atom. The Morgan fingerprint density at radius 3 is 2.23 bits per heavy atom. The number of benzene rings is 1. The Kier molecular flexibility index (Phi) is 10.2. The monoisotopic (exact) mass is 327 g/mol.